The van der Waals surface area contributed by atoms with E-state index < -0.39 is 29.0 Å². The molecule has 0 aliphatic heterocycles. The van der Waals surface area contributed by atoms with Gasteiger partial charge >= 0.3 is 0 Å². The molecule has 0 spiro atoms. The molecule has 0 aliphatic rings. The number of halogens is 4. The maximum atomic E-state index is 13.0. The predicted octanol–water partition coefficient (Wildman–Crippen LogP) is 3.23. The van der Waals surface area contributed by atoms with Gasteiger partial charge in [-0.3, -0.25) is 0 Å². The predicted molar refractivity (Wildman–Crippen MR) is 49.6 cm³/mol. The molecule has 0 fully saturated rings. The highest BCUT2D eigenvalue weighted by Crippen LogP contribution is 2.23. The minimum Gasteiger partial charge on any atom is -0.380 e. The second kappa shape index (κ2) is 4.82. The normalized spacial score (nSPS) is 10.1. The summed E-state index contributed by atoms with van der Waals surface area (Å²) >= 11 is 0. The Morgan fingerprint density at radius 3 is 2.13 bits per heavy atom. The summed E-state index contributed by atoms with van der Waals surface area (Å²) in [5.74, 6) is -5.68. The summed E-state index contributed by atoms with van der Waals surface area (Å²) in [4.78, 5) is 0. The molecule has 5 heteroatoms. The van der Waals surface area contributed by atoms with Crippen LogP contribution in [0.25, 0.3) is 0 Å². The molecule has 82 valence electrons. The molecule has 1 N–H and O–H groups in total. The van der Waals surface area contributed by atoms with E-state index >= 15 is 0 Å². The summed E-state index contributed by atoms with van der Waals surface area (Å²) < 4.78 is 51.4. The lowest BCUT2D eigenvalue weighted by atomic mass is 10.2. The Bertz CT molecular complexity index is 350. The van der Waals surface area contributed by atoms with Gasteiger partial charge in [-0.2, -0.15) is 0 Å². The third kappa shape index (κ3) is 2.49. The van der Waals surface area contributed by atoms with Gasteiger partial charge in [0.15, 0.2) is 23.3 Å². The fourth-order valence-electron chi connectivity index (χ4n) is 1.03. The van der Waals surface area contributed by atoms with Crippen molar-refractivity contribution in [3.8, 4) is 0 Å². The lowest BCUT2D eigenvalue weighted by molar-refractivity contribution is 0.458. The van der Waals surface area contributed by atoms with Gasteiger partial charge in [-0.05, 0) is 6.42 Å². The number of hydrogen-bond acceptors (Lipinski definition) is 1. The molecule has 0 bridgehead atoms. The van der Waals surface area contributed by atoms with E-state index in [1.165, 1.54) is 6.08 Å². The van der Waals surface area contributed by atoms with Crippen LogP contribution in [-0.4, -0.2) is 6.54 Å². The highest BCUT2D eigenvalue weighted by molar-refractivity contribution is 5.47. The molecule has 0 heterocycles. The van der Waals surface area contributed by atoms with Crippen LogP contribution in [0.2, 0.25) is 0 Å². The second-order valence-corrected chi connectivity index (χ2v) is 2.85. The van der Waals surface area contributed by atoms with Crippen LogP contribution >= 0.6 is 0 Å². The van der Waals surface area contributed by atoms with Crippen molar-refractivity contribution in [2.45, 2.75) is 6.42 Å². The van der Waals surface area contributed by atoms with Crippen molar-refractivity contribution in [3.63, 3.8) is 0 Å². The highest BCUT2D eigenvalue weighted by Gasteiger charge is 2.18. The molecule has 1 aromatic carbocycles. The Morgan fingerprint density at radius 2 is 1.67 bits per heavy atom. The number of anilines is 1. The van der Waals surface area contributed by atoms with E-state index in [1.807, 2.05) is 0 Å². The standard InChI is InChI=1S/C10H9F4N/c1-2-3-4-15-10-8(13)6(11)5-7(12)9(10)14/h2,5,15H,1,3-4H2. The minimum absolute atomic E-state index is 0.153. The van der Waals surface area contributed by atoms with Crippen molar-refractivity contribution in [2.24, 2.45) is 0 Å². The summed E-state index contributed by atoms with van der Waals surface area (Å²) in [5, 5.41) is 2.26. The summed E-state index contributed by atoms with van der Waals surface area (Å²) in [6.07, 6.45) is 1.94. The number of benzene rings is 1. The Morgan fingerprint density at radius 1 is 1.13 bits per heavy atom. The first kappa shape index (κ1) is 11.6. The monoisotopic (exact) mass is 219 g/mol. The smallest absolute Gasteiger partial charge is 0.185 e. The summed E-state index contributed by atoms with van der Waals surface area (Å²) in [7, 11) is 0. The maximum Gasteiger partial charge on any atom is 0.185 e. The van der Waals surface area contributed by atoms with E-state index in [0.29, 0.717) is 6.42 Å². The average molecular weight is 219 g/mol. The van der Waals surface area contributed by atoms with Gasteiger partial charge in [0.1, 0.15) is 5.69 Å². The third-order valence-corrected chi connectivity index (χ3v) is 1.76. The molecule has 0 unspecified atom stereocenters. The zero-order valence-corrected chi connectivity index (χ0v) is 7.79. The highest BCUT2D eigenvalue weighted by atomic mass is 19.2. The van der Waals surface area contributed by atoms with Gasteiger partial charge in [-0.15, -0.1) is 6.58 Å². The molecule has 1 rings (SSSR count). The van der Waals surface area contributed by atoms with Crippen LogP contribution in [0.3, 0.4) is 0 Å². The largest absolute Gasteiger partial charge is 0.380 e. The summed E-state index contributed by atoms with van der Waals surface area (Å²) in [5.41, 5.74) is -0.783. The molecule has 0 atom stereocenters. The van der Waals surface area contributed by atoms with Crippen LogP contribution in [0.1, 0.15) is 6.42 Å². The lowest BCUT2D eigenvalue weighted by Crippen LogP contribution is -2.07. The van der Waals surface area contributed by atoms with Crippen molar-refractivity contribution >= 4 is 5.69 Å². The lowest BCUT2D eigenvalue weighted by Gasteiger charge is -2.08. The van der Waals surface area contributed by atoms with Gasteiger partial charge in [-0.25, -0.2) is 17.6 Å². The average Bonchev–Trinajstić information content (AvgIpc) is 2.20. The molecule has 0 radical (unpaired) electrons. The van der Waals surface area contributed by atoms with Crippen molar-refractivity contribution < 1.29 is 17.6 Å². The molecule has 1 aromatic rings. The van der Waals surface area contributed by atoms with E-state index in [2.05, 4.69) is 11.9 Å². The van der Waals surface area contributed by atoms with E-state index in [0.717, 1.165) is 0 Å². The summed E-state index contributed by atoms with van der Waals surface area (Å²) in [6.45, 7) is 3.55. The molecule has 0 saturated carbocycles. The molecular weight excluding hydrogens is 210 g/mol. The SMILES string of the molecule is C=CCCNc1c(F)c(F)cc(F)c1F. The molecule has 0 aliphatic carbocycles. The minimum atomic E-state index is -1.42. The van der Waals surface area contributed by atoms with Gasteiger partial charge in [0.05, 0.1) is 0 Å². The Kier molecular flexibility index (Phi) is 3.71. The number of nitrogens with one attached hydrogen (secondary N) is 1. The first-order valence-electron chi connectivity index (χ1n) is 4.25. The fourth-order valence-corrected chi connectivity index (χ4v) is 1.03. The van der Waals surface area contributed by atoms with Crippen LogP contribution in [0.5, 0.6) is 0 Å². The van der Waals surface area contributed by atoms with Crippen molar-refractivity contribution in [3.05, 3.63) is 42.0 Å². The maximum absolute atomic E-state index is 13.0. The molecular formula is C10H9F4N. The van der Waals surface area contributed by atoms with E-state index in [4.69, 9.17) is 0 Å². The van der Waals surface area contributed by atoms with Crippen LogP contribution in [0.4, 0.5) is 23.2 Å². The van der Waals surface area contributed by atoms with Gasteiger partial charge in [0.25, 0.3) is 0 Å². The Hall–Kier alpha value is -1.52. The Balaban J connectivity index is 2.98. The van der Waals surface area contributed by atoms with Gasteiger partial charge in [0.2, 0.25) is 0 Å². The van der Waals surface area contributed by atoms with E-state index in [-0.39, 0.29) is 12.6 Å². The molecule has 0 aromatic heterocycles. The number of hydrogen-bond donors (Lipinski definition) is 1. The van der Waals surface area contributed by atoms with Crippen LogP contribution < -0.4 is 5.32 Å². The molecule has 0 saturated heterocycles. The number of rotatable bonds is 4. The first-order chi connectivity index (χ1) is 7.07. The van der Waals surface area contributed by atoms with Gasteiger partial charge in [0, 0.05) is 12.6 Å². The van der Waals surface area contributed by atoms with Crippen molar-refractivity contribution in [1.29, 1.82) is 0 Å². The van der Waals surface area contributed by atoms with E-state index in [1.54, 1.807) is 0 Å². The molecule has 0 amide bonds. The van der Waals surface area contributed by atoms with Crippen LogP contribution in [0.15, 0.2) is 18.7 Å². The zero-order valence-electron chi connectivity index (χ0n) is 7.79. The van der Waals surface area contributed by atoms with E-state index in [9.17, 15) is 17.6 Å². The molecule has 15 heavy (non-hydrogen) atoms. The zero-order chi connectivity index (χ0) is 11.4. The third-order valence-electron chi connectivity index (χ3n) is 1.76. The van der Waals surface area contributed by atoms with Crippen LogP contribution in [-0.2, 0) is 0 Å². The Labute approximate surface area is 84.4 Å². The summed E-state index contributed by atoms with van der Waals surface area (Å²) in [6, 6.07) is 0.170. The van der Waals surface area contributed by atoms with Crippen molar-refractivity contribution in [1.82, 2.24) is 0 Å². The second-order valence-electron chi connectivity index (χ2n) is 2.85. The van der Waals surface area contributed by atoms with Crippen molar-refractivity contribution in [2.75, 3.05) is 11.9 Å². The van der Waals surface area contributed by atoms with Gasteiger partial charge in [-0.1, -0.05) is 6.08 Å². The fraction of sp³-hybridized carbons (Fsp3) is 0.200. The quantitative estimate of drug-likeness (QED) is 0.355. The van der Waals surface area contributed by atoms with Gasteiger partial charge < -0.3 is 5.32 Å². The topological polar surface area (TPSA) is 12.0 Å². The van der Waals surface area contributed by atoms with Crippen LogP contribution in [0, 0.1) is 23.3 Å². The first-order valence-corrected chi connectivity index (χ1v) is 4.25. The molecule has 1 nitrogen and oxygen atoms in total.